The topological polar surface area (TPSA) is 147 Å². The summed E-state index contributed by atoms with van der Waals surface area (Å²) in [6, 6.07) is 0. The summed E-state index contributed by atoms with van der Waals surface area (Å²) in [5.41, 5.74) is 4.77. The van der Waals surface area contributed by atoms with Crippen molar-refractivity contribution in [2.75, 3.05) is 18.0 Å². The zero-order valence-electron chi connectivity index (χ0n) is 9.11. The molecule has 0 saturated carbocycles. The minimum Gasteiger partial charge on any atom is -0.480 e. The van der Waals surface area contributed by atoms with Crippen LogP contribution in [0.15, 0.2) is 12.4 Å². The Morgan fingerprint density at radius 1 is 1.11 bits per heavy atom. The van der Waals surface area contributed by atoms with Gasteiger partial charge in [-0.15, -0.1) is 0 Å². The Labute approximate surface area is 101 Å². The van der Waals surface area contributed by atoms with Gasteiger partial charge in [-0.1, -0.05) is 0 Å². The third-order valence-corrected chi connectivity index (χ3v) is 1.86. The molecule has 0 aliphatic carbocycles. The lowest BCUT2D eigenvalue weighted by atomic mass is 10.3. The van der Waals surface area contributed by atoms with Crippen molar-refractivity contribution in [3.05, 3.63) is 18.1 Å². The van der Waals surface area contributed by atoms with Crippen molar-refractivity contribution in [1.29, 1.82) is 0 Å². The average Bonchev–Trinajstić information content (AvgIpc) is 2.26. The van der Waals surface area contributed by atoms with Gasteiger partial charge in [-0.25, -0.2) is 9.97 Å². The number of carboxylic acid groups (broad SMARTS) is 2. The highest BCUT2D eigenvalue weighted by atomic mass is 16.4. The Morgan fingerprint density at radius 3 is 2.06 bits per heavy atom. The van der Waals surface area contributed by atoms with Crippen LogP contribution >= 0.6 is 0 Å². The molecule has 0 saturated heterocycles. The second kappa shape index (κ2) is 5.57. The Morgan fingerprint density at radius 2 is 1.61 bits per heavy atom. The quantitative estimate of drug-likeness (QED) is 0.558. The number of carboxylic acids is 2. The maximum absolute atomic E-state index is 11.1. The lowest BCUT2D eigenvalue weighted by molar-refractivity contribution is -0.136. The Kier molecular flexibility index (Phi) is 4.13. The summed E-state index contributed by atoms with van der Waals surface area (Å²) in [7, 11) is 0. The minimum atomic E-state index is -1.27. The van der Waals surface area contributed by atoms with E-state index in [4.69, 9.17) is 15.9 Å². The third kappa shape index (κ3) is 3.40. The smallest absolute Gasteiger partial charge is 0.323 e. The van der Waals surface area contributed by atoms with E-state index < -0.39 is 30.9 Å². The summed E-state index contributed by atoms with van der Waals surface area (Å²) in [6.07, 6.45) is 2.40. The summed E-state index contributed by atoms with van der Waals surface area (Å²) in [6.45, 7) is -1.27. The summed E-state index contributed by atoms with van der Waals surface area (Å²) in [5.74, 6) is -3.62. The van der Waals surface area contributed by atoms with Crippen molar-refractivity contribution in [2.45, 2.75) is 0 Å². The molecule has 96 valence electrons. The van der Waals surface area contributed by atoms with Gasteiger partial charge in [0.15, 0.2) is 11.5 Å². The molecule has 0 aromatic carbocycles. The van der Waals surface area contributed by atoms with Crippen molar-refractivity contribution in [3.8, 4) is 0 Å². The van der Waals surface area contributed by atoms with Crippen LogP contribution in [0.5, 0.6) is 0 Å². The van der Waals surface area contributed by atoms with Crippen LogP contribution in [0.4, 0.5) is 5.82 Å². The van der Waals surface area contributed by atoms with E-state index in [9.17, 15) is 14.4 Å². The van der Waals surface area contributed by atoms with Crippen molar-refractivity contribution in [2.24, 2.45) is 5.73 Å². The van der Waals surface area contributed by atoms with Crippen LogP contribution in [0.1, 0.15) is 10.5 Å². The van der Waals surface area contributed by atoms with E-state index in [1.54, 1.807) is 0 Å². The number of hydrogen-bond acceptors (Lipinski definition) is 6. The third-order valence-electron chi connectivity index (χ3n) is 1.86. The predicted molar refractivity (Wildman–Crippen MR) is 58.0 cm³/mol. The lowest BCUT2D eigenvalue weighted by Crippen LogP contribution is -2.37. The van der Waals surface area contributed by atoms with Gasteiger partial charge in [-0.3, -0.25) is 14.4 Å². The molecule has 1 heterocycles. The van der Waals surface area contributed by atoms with E-state index >= 15 is 0 Å². The first-order valence-electron chi connectivity index (χ1n) is 4.71. The number of carbonyl (C=O) groups excluding carboxylic acids is 1. The standard InChI is InChI=1S/C9H10N4O5/c10-8(18)7-9(12-2-1-11-7)13(3-5(14)15)4-6(16)17/h1-2H,3-4H2,(H2,10,18)(H,14,15)(H,16,17). The maximum Gasteiger partial charge on any atom is 0.323 e. The molecule has 1 rings (SSSR count). The summed E-state index contributed by atoms with van der Waals surface area (Å²) < 4.78 is 0. The number of aromatic nitrogens is 2. The zero-order chi connectivity index (χ0) is 13.7. The molecule has 0 spiro atoms. The van der Waals surface area contributed by atoms with E-state index in [0.717, 1.165) is 4.90 Å². The predicted octanol–water partition coefficient (Wildman–Crippen LogP) is -1.45. The monoisotopic (exact) mass is 254 g/mol. The van der Waals surface area contributed by atoms with E-state index in [2.05, 4.69) is 9.97 Å². The minimum absolute atomic E-state index is 0.171. The number of nitrogens with two attached hydrogens (primary N) is 1. The van der Waals surface area contributed by atoms with Crippen LogP contribution in [0.2, 0.25) is 0 Å². The van der Waals surface area contributed by atoms with Crippen LogP contribution in [-0.2, 0) is 9.59 Å². The van der Waals surface area contributed by atoms with Crippen LogP contribution in [0, 0.1) is 0 Å². The molecule has 18 heavy (non-hydrogen) atoms. The van der Waals surface area contributed by atoms with Gasteiger partial charge in [-0.2, -0.15) is 0 Å². The molecule has 0 aliphatic heterocycles. The van der Waals surface area contributed by atoms with Crippen LogP contribution in [-0.4, -0.2) is 51.1 Å². The lowest BCUT2D eigenvalue weighted by Gasteiger charge is -2.20. The molecular weight excluding hydrogens is 244 g/mol. The fourth-order valence-corrected chi connectivity index (χ4v) is 1.27. The van der Waals surface area contributed by atoms with Gasteiger partial charge in [0.05, 0.1) is 0 Å². The molecule has 9 heteroatoms. The van der Waals surface area contributed by atoms with Crippen molar-refractivity contribution < 1.29 is 24.6 Å². The number of aliphatic carboxylic acids is 2. The van der Waals surface area contributed by atoms with E-state index in [1.165, 1.54) is 12.4 Å². The highest BCUT2D eigenvalue weighted by Crippen LogP contribution is 2.13. The first-order valence-corrected chi connectivity index (χ1v) is 4.71. The number of carbonyl (C=O) groups is 3. The van der Waals surface area contributed by atoms with Crippen LogP contribution in [0.3, 0.4) is 0 Å². The largest absolute Gasteiger partial charge is 0.480 e. The highest BCUT2D eigenvalue weighted by molar-refractivity contribution is 5.96. The number of rotatable bonds is 6. The number of anilines is 1. The van der Waals surface area contributed by atoms with Gasteiger partial charge in [0.1, 0.15) is 13.1 Å². The molecular formula is C9H10N4O5. The Bertz CT molecular complexity index is 474. The van der Waals surface area contributed by atoms with Gasteiger partial charge in [0.2, 0.25) is 0 Å². The van der Waals surface area contributed by atoms with Gasteiger partial charge in [-0.05, 0) is 0 Å². The number of amides is 1. The fourth-order valence-electron chi connectivity index (χ4n) is 1.27. The second-order valence-electron chi connectivity index (χ2n) is 3.24. The molecule has 1 aromatic heterocycles. The number of hydrogen-bond donors (Lipinski definition) is 3. The molecule has 0 unspecified atom stereocenters. The first kappa shape index (κ1) is 13.4. The normalized spacial score (nSPS) is 9.78. The van der Waals surface area contributed by atoms with Crippen molar-refractivity contribution >= 4 is 23.7 Å². The molecule has 4 N–H and O–H groups in total. The molecule has 9 nitrogen and oxygen atoms in total. The molecule has 0 radical (unpaired) electrons. The van der Waals surface area contributed by atoms with Gasteiger partial charge < -0.3 is 20.8 Å². The SMILES string of the molecule is NC(=O)c1nccnc1N(CC(=O)O)CC(=O)O. The van der Waals surface area contributed by atoms with E-state index in [0.29, 0.717) is 0 Å². The first-order chi connectivity index (χ1) is 8.41. The molecule has 0 bridgehead atoms. The molecule has 0 atom stereocenters. The Balaban J connectivity index is 3.15. The van der Waals surface area contributed by atoms with Crippen LogP contribution < -0.4 is 10.6 Å². The maximum atomic E-state index is 11.1. The van der Waals surface area contributed by atoms with Gasteiger partial charge in [0.25, 0.3) is 5.91 Å². The van der Waals surface area contributed by atoms with Gasteiger partial charge >= 0.3 is 11.9 Å². The average molecular weight is 254 g/mol. The number of nitrogens with zero attached hydrogens (tertiary/aromatic N) is 3. The molecule has 1 amide bonds. The summed E-state index contributed by atoms with van der Waals surface area (Å²) in [5, 5.41) is 17.4. The summed E-state index contributed by atoms with van der Waals surface area (Å²) >= 11 is 0. The zero-order valence-corrected chi connectivity index (χ0v) is 9.11. The molecule has 0 fully saturated rings. The number of primary amides is 1. The van der Waals surface area contributed by atoms with Crippen molar-refractivity contribution in [1.82, 2.24) is 9.97 Å². The van der Waals surface area contributed by atoms with Crippen molar-refractivity contribution in [3.63, 3.8) is 0 Å². The van der Waals surface area contributed by atoms with E-state index in [-0.39, 0.29) is 11.5 Å². The molecule has 0 aliphatic rings. The van der Waals surface area contributed by atoms with E-state index in [1.807, 2.05) is 0 Å². The van der Waals surface area contributed by atoms with Crippen LogP contribution in [0.25, 0.3) is 0 Å². The summed E-state index contributed by atoms with van der Waals surface area (Å²) in [4.78, 5) is 40.7. The van der Waals surface area contributed by atoms with Gasteiger partial charge in [0, 0.05) is 12.4 Å². The highest BCUT2D eigenvalue weighted by Gasteiger charge is 2.21. The molecule has 1 aromatic rings. The fraction of sp³-hybridized carbons (Fsp3) is 0.222. The Hall–Kier alpha value is -2.71. The second-order valence-corrected chi connectivity index (χ2v) is 3.24.